The van der Waals surface area contributed by atoms with Gasteiger partial charge in [-0.3, -0.25) is 0 Å². The highest BCUT2D eigenvalue weighted by Crippen LogP contribution is 2.44. The first-order chi connectivity index (χ1) is 9.83. The zero-order chi connectivity index (χ0) is 13.5. The van der Waals surface area contributed by atoms with Crippen molar-refractivity contribution in [3.05, 3.63) is 65.7 Å². The maximum Gasteiger partial charge on any atom is 0.408 e. The van der Waals surface area contributed by atoms with Crippen LogP contribution in [0.25, 0.3) is 0 Å². The average Bonchev–Trinajstić information content (AvgIpc) is 2.89. The van der Waals surface area contributed by atoms with Crippen LogP contribution in [0.2, 0.25) is 0 Å². The third-order valence-corrected chi connectivity index (χ3v) is 3.78. The third kappa shape index (κ3) is 1.65. The van der Waals surface area contributed by atoms with Crippen molar-refractivity contribution in [2.75, 3.05) is 0 Å². The predicted molar refractivity (Wildman–Crippen MR) is 72.4 cm³/mol. The van der Waals surface area contributed by atoms with Crippen molar-refractivity contribution in [3.8, 4) is 5.75 Å². The Balaban J connectivity index is 1.81. The Hall–Kier alpha value is -2.49. The molecule has 4 nitrogen and oxygen atoms in total. The number of benzene rings is 2. The predicted octanol–water partition coefficient (Wildman–Crippen LogP) is 2.97. The van der Waals surface area contributed by atoms with E-state index in [0.717, 1.165) is 16.9 Å². The molecule has 0 radical (unpaired) electrons. The summed E-state index contributed by atoms with van der Waals surface area (Å²) in [6.07, 6.45) is -0.915. The Morgan fingerprint density at radius 2 is 1.60 bits per heavy atom. The fourth-order valence-electron chi connectivity index (χ4n) is 2.88. The first-order valence-corrected chi connectivity index (χ1v) is 6.60. The molecule has 2 aliphatic heterocycles. The van der Waals surface area contributed by atoms with Crippen LogP contribution in [0.1, 0.15) is 23.3 Å². The van der Waals surface area contributed by atoms with Crippen LogP contribution in [0.5, 0.6) is 5.75 Å². The number of fused-ring (bicyclic) bond motifs is 3. The Bertz CT molecular complexity index is 656. The number of carbonyl (C=O) groups excluding carboxylic acids is 1. The van der Waals surface area contributed by atoms with Gasteiger partial charge in [-0.15, -0.1) is 0 Å². The largest absolute Gasteiger partial charge is 0.483 e. The molecule has 0 unspecified atom stereocenters. The summed E-state index contributed by atoms with van der Waals surface area (Å²) in [5.41, 5.74) is 1.95. The molecule has 4 heteroatoms. The van der Waals surface area contributed by atoms with Crippen LogP contribution in [0.3, 0.4) is 0 Å². The number of rotatable bonds is 1. The quantitative estimate of drug-likeness (QED) is 0.864. The molecule has 2 aromatic rings. The van der Waals surface area contributed by atoms with E-state index in [1.54, 1.807) is 0 Å². The van der Waals surface area contributed by atoms with E-state index < -0.39 is 0 Å². The summed E-state index contributed by atoms with van der Waals surface area (Å²) in [6.45, 7) is 0. The molecule has 1 N–H and O–H groups in total. The lowest BCUT2D eigenvalue weighted by molar-refractivity contribution is 0.0650. The molecule has 2 aliphatic rings. The molecule has 2 aromatic carbocycles. The normalized spacial score (nSPS) is 26.8. The zero-order valence-corrected chi connectivity index (χ0v) is 10.7. The fourth-order valence-corrected chi connectivity index (χ4v) is 2.88. The van der Waals surface area contributed by atoms with E-state index in [-0.39, 0.29) is 24.3 Å². The van der Waals surface area contributed by atoms with Gasteiger partial charge in [-0.1, -0.05) is 48.5 Å². The molecular formula is C16H13NO3. The molecule has 1 saturated heterocycles. The summed E-state index contributed by atoms with van der Waals surface area (Å²) in [5.74, 6) is 0.777. The van der Waals surface area contributed by atoms with Gasteiger partial charge in [0.2, 0.25) is 0 Å². The number of alkyl carbamates (subject to hydrolysis) is 1. The van der Waals surface area contributed by atoms with Crippen LogP contribution in [0.15, 0.2) is 54.6 Å². The van der Waals surface area contributed by atoms with Crippen LogP contribution < -0.4 is 10.1 Å². The minimum atomic E-state index is -0.388. The van der Waals surface area contributed by atoms with Crippen LogP contribution in [-0.4, -0.2) is 12.1 Å². The van der Waals surface area contributed by atoms with Crippen LogP contribution in [0.4, 0.5) is 4.79 Å². The molecule has 100 valence electrons. The maximum atomic E-state index is 11.6. The van der Waals surface area contributed by atoms with E-state index >= 15 is 0 Å². The minimum Gasteiger partial charge on any atom is -0.483 e. The van der Waals surface area contributed by atoms with Gasteiger partial charge in [0, 0.05) is 5.56 Å². The molecule has 20 heavy (non-hydrogen) atoms. The lowest BCUT2D eigenvalue weighted by Gasteiger charge is -2.33. The number of ether oxygens (including phenoxy) is 2. The van der Waals surface area contributed by atoms with E-state index in [2.05, 4.69) is 5.32 Å². The number of amides is 1. The van der Waals surface area contributed by atoms with Crippen molar-refractivity contribution < 1.29 is 14.3 Å². The van der Waals surface area contributed by atoms with Gasteiger partial charge in [0.1, 0.15) is 17.9 Å². The smallest absolute Gasteiger partial charge is 0.408 e. The van der Waals surface area contributed by atoms with Crippen LogP contribution >= 0.6 is 0 Å². The van der Waals surface area contributed by atoms with Crippen molar-refractivity contribution in [2.45, 2.75) is 18.2 Å². The van der Waals surface area contributed by atoms with Gasteiger partial charge in [-0.2, -0.15) is 0 Å². The number of para-hydroxylation sites is 1. The van der Waals surface area contributed by atoms with E-state index in [1.807, 2.05) is 54.6 Å². The molecule has 2 heterocycles. The monoisotopic (exact) mass is 267 g/mol. The zero-order valence-electron chi connectivity index (χ0n) is 10.7. The SMILES string of the molecule is O=C1N[C@@H]2[C@@H](c3ccccc3)Oc3ccccc3[C@H]2O1. The average molecular weight is 267 g/mol. The van der Waals surface area contributed by atoms with Crippen molar-refractivity contribution in [2.24, 2.45) is 0 Å². The first-order valence-electron chi connectivity index (χ1n) is 6.60. The number of carbonyl (C=O) groups is 1. The van der Waals surface area contributed by atoms with Gasteiger partial charge in [-0.25, -0.2) is 4.79 Å². The highest BCUT2D eigenvalue weighted by atomic mass is 16.6. The molecule has 0 saturated carbocycles. The van der Waals surface area contributed by atoms with Gasteiger partial charge in [-0.05, 0) is 11.6 Å². The summed E-state index contributed by atoms with van der Waals surface area (Å²) in [5, 5.41) is 2.86. The van der Waals surface area contributed by atoms with Crippen molar-refractivity contribution in [3.63, 3.8) is 0 Å². The number of hydrogen-bond acceptors (Lipinski definition) is 3. The van der Waals surface area contributed by atoms with Crippen LogP contribution in [0, 0.1) is 0 Å². The maximum absolute atomic E-state index is 11.6. The Morgan fingerprint density at radius 1 is 0.850 bits per heavy atom. The Kier molecular flexibility index (Phi) is 2.42. The topological polar surface area (TPSA) is 47.6 Å². The summed E-state index contributed by atoms with van der Waals surface area (Å²) in [4.78, 5) is 11.6. The van der Waals surface area contributed by atoms with Gasteiger partial charge < -0.3 is 14.8 Å². The number of hydrogen-bond donors (Lipinski definition) is 1. The first kappa shape index (κ1) is 11.3. The molecule has 0 bridgehead atoms. The molecule has 3 atom stereocenters. The molecule has 1 amide bonds. The third-order valence-electron chi connectivity index (χ3n) is 3.78. The standard InChI is InChI=1S/C16H13NO3/c18-16-17-13-14(10-6-2-1-3-7-10)19-12-9-5-4-8-11(12)15(13)20-16/h1-9,13-15H,(H,17,18)/t13-,14-,15-/m1/s1. The molecule has 0 aromatic heterocycles. The van der Waals surface area contributed by atoms with E-state index in [1.165, 1.54) is 0 Å². The molecule has 0 spiro atoms. The molecular weight excluding hydrogens is 254 g/mol. The molecule has 4 rings (SSSR count). The highest BCUT2D eigenvalue weighted by Gasteiger charge is 2.46. The number of nitrogens with one attached hydrogen (secondary N) is 1. The lowest BCUT2D eigenvalue weighted by atomic mass is 9.91. The second-order valence-electron chi connectivity index (χ2n) is 4.98. The van der Waals surface area contributed by atoms with E-state index in [0.29, 0.717) is 0 Å². The van der Waals surface area contributed by atoms with Gasteiger partial charge in [0.05, 0.1) is 0 Å². The van der Waals surface area contributed by atoms with Gasteiger partial charge >= 0.3 is 6.09 Å². The summed E-state index contributed by atoms with van der Waals surface area (Å²) >= 11 is 0. The van der Waals surface area contributed by atoms with Crippen molar-refractivity contribution in [1.82, 2.24) is 5.32 Å². The Morgan fingerprint density at radius 3 is 2.45 bits per heavy atom. The summed E-state index contributed by atoms with van der Waals surface area (Å²) in [7, 11) is 0. The minimum absolute atomic E-state index is 0.195. The second-order valence-corrected chi connectivity index (χ2v) is 4.98. The van der Waals surface area contributed by atoms with E-state index in [4.69, 9.17) is 9.47 Å². The van der Waals surface area contributed by atoms with Crippen LogP contribution in [-0.2, 0) is 4.74 Å². The van der Waals surface area contributed by atoms with Crippen molar-refractivity contribution >= 4 is 6.09 Å². The molecule has 1 fully saturated rings. The van der Waals surface area contributed by atoms with Crippen molar-refractivity contribution in [1.29, 1.82) is 0 Å². The summed E-state index contributed by atoms with van der Waals surface area (Å²) in [6, 6.07) is 17.4. The summed E-state index contributed by atoms with van der Waals surface area (Å²) < 4.78 is 11.5. The molecule has 0 aliphatic carbocycles. The van der Waals surface area contributed by atoms with Gasteiger partial charge in [0.15, 0.2) is 6.10 Å². The second kappa shape index (κ2) is 4.27. The Labute approximate surface area is 116 Å². The lowest BCUT2D eigenvalue weighted by Crippen LogP contribution is -2.39. The van der Waals surface area contributed by atoms with Gasteiger partial charge in [0.25, 0.3) is 0 Å². The van der Waals surface area contributed by atoms with E-state index in [9.17, 15) is 4.79 Å². The fraction of sp³-hybridized carbons (Fsp3) is 0.188. The highest BCUT2D eigenvalue weighted by molar-refractivity contribution is 5.71.